The molecule has 1 amide bonds. The molecule has 1 aromatic heterocycles. The summed E-state index contributed by atoms with van der Waals surface area (Å²) >= 11 is 0. The zero-order chi connectivity index (χ0) is 9.68. The maximum atomic E-state index is 11.0. The molecule has 0 aromatic carbocycles. The van der Waals surface area contributed by atoms with Crippen LogP contribution in [-0.4, -0.2) is 22.0 Å². The molecule has 3 N–H and O–H groups in total. The summed E-state index contributed by atoms with van der Waals surface area (Å²) in [4.78, 5) is 15.1. The third kappa shape index (κ3) is 2.87. The molecular weight excluding hydrogens is 168 g/mol. The molecule has 0 unspecified atom stereocenters. The largest absolute Gasteiger partial charge is 0.349 e. The van der Waals surface area contributed by atoms with Gasteiger partial charge in [0, 0.05) is 32.4 Å². The number of aromatic nitrogens is 2. The Morgan fingerprint density at radius 1 is 1.77 bits per heavy atom. The number of imidazole rings is 1. The van der Waals surface area contributed by atoms with Gasteiger partial charge in [0.15, 0.2) is 0 Å². The van der Waals surface area contributed by atoms with Gasteiger partial charge in [-0.05, 0) is 0 Å². The van der Waals surface area contributed by atoms with Gasteiger partial charge in [0.2, 0.25) is 5.91 Å². The van der Waals surface area contributed by atoms with E-state index < -0.39 is 0 Å². The highest BCUT2D eigenvalue weighted by Gasteiger charge is 2.01. The molecule has 0 aliphatic carbocycles. The normalized spacial score (nSPS) is 10.0. The quantitative estimate of drug-likeness (QED) is 0.652. The SMILES string of the molecule is Cn1ccnc1CNC(=O)CCN. The molecule has 0 radical (unpaired) electrons. The number of rotatable bonds is 4. The second kappa shape index (κ2) is 4.61. The van der Waals surface area contributed by atoms with Crippen molar-refractivity contribution in [2.75, 3.05) is 6.54 Å². The molecule has 0 atom stereocenters. The first-order valence-electron chi connectivity index (χ1n) is 4.17. The lowest BCUT2D eigenvalue weighted by Gasteiger charge is -2.03. The summed E-state index contributed by atoms with van der Waals surface area (Å²) in [6.07, 6.45) is 3.90. The van der Waals surface area contributed by atoms with Gasteiger partial charge in [-0.2, -0.15) is 0 Å². The number of amides is 1. The number of nitrogens with two attached hydrogens (primary N) is 1. The average Bonchev–Trinajstić information content (AvgIpc) is 2.48. The predicted molar refractivity (Wildman–Crippen MR) is 48.7 cm³/mol. The molecule has 0 aliphatic rings. The summed E-state index contributed by atoms with van der Waals surface area (Å²) in [6, 6.07) is 0. The van der Waals surface area contributed by atoms with Gasteiger partial charge in [-0.3, -0.25) is 4.79 Å². The zero-order valence-electron chi connectivity index (χ0n) is 7.66. The predicted octanol–water partition coefficient (Wildman–Crippen LogP) is -0.615. The molecule has 0 spiro atoms. The fraction of sp³-hybridized carbons (Fsp3) is 0.500. The van der Waals surface area contributed by atoms with Crippen molar-refractivity contribution < 1.29 is 4.79 Å². The maximum Gasteiger partial charge on any atom is 0.221 e. The number of hydrogen-bond acceptors (Lipinski definition) is 3. The molecule has 0 saturated carbocycles. The molecule has 0 fully saturated rings. The summed E-state index contributed by atoms with van der Waals surface area (Å²) in [5.74, 6) is 0.802. The van der Waals surface area contributed by atoms with Crippen LogP contribution in [0.4, 0.5) is 0 Å². The van der Waals surface area contributed by atoms with Gasteiger partial charge in [0.25, 0.3) is 0 Å². The van der Waals surface area contributed by atoms with E-state index in [1.165, 1.54) is 0 Å². The Bertz CT molecular complexity index is 281. The lowest BCUT2D eigenvalue weighted by molar-refractivity contribution is -0.121. The number of nitrogens with zero attached hydrogens (tertiary/aromatic N) is 2. The molecule has 0 aliphatic heterocycles. The summed E-state index contributed by atoms with van der Waals surface area (Å²) < 4.78 is 1.86. The minimum atomic E-state index is -0.0366. The molecule has 0 bridgehead atoms. The van der Waals surface area contributed by atoms with Crippen molar-refractivity contribution in [3.63, 3.8) is 0 Å². The Balaban J connectivity index is 2.35. The second-order valence-corrected chi connectivity index (χ2v) is 2.77. The Labute approximate surface area is 76.9 Å². The van der Waals surface area contributed by atoms with Gasteiger partial charge in [0.1, 0.15) is 5.82 Å². The van der Waals surface area contributed by atoms with Crippen LogP contribution in [0.2, 0.25) is 0 Å². The van der Waals surface area contributed by atoms with E-state index in [1.807, 2.05) is 17.8 Å². The van der Waals surface area contributed by atoms with Crippen LogP contribution >= 0.6 is 0 Å². The fourth-order valence-corrected chi connectivity index (χ4v) is 0.964. The standard InChI is InChI=1S/C8H14N4O/c1-12-5-4-10-7(12)6-11-8(13)2-3-9/h4-5H,2-3,6,9H2,1H3,(H,11,13). The summed E-state index contributed by atoms with van der Waals surface area (Å²) in [7, 11) is 1.89. The topological polar surface area (TPSA) is 72.9 Å². The first kappa shape index (κ1) is 9.73. The third-order valence-electron chi connectivity index (χ3n) is 1.74. The van der Waals surface area contributed by atoms with Crippen LogP contribution in [0.15, 0.2) is 12.4 Å². The van der Waals surface area contributed by atoms with E-state index in [0.717, 1.165) is 5.82 Å². The summed E-state index contributed by atoms with van der Waals surface area (Å²) in [5, 5.41) is 2.72. The van der Waals surface area contributed by atoms with Crippen LogP contribution in [0.1, 0.15) is 12.2 Å². The molecule has 0 saturated heterocycles. The number of nitrogens with one attached hydrogen (secondary N) is 1. The van der Waals surface area contributed by atoms with Gasteiger partial charge in [-0.25, -0.2) is 4.98 Å². The van der Waals surface area contributed by atoms with Crippen LogP contribution in [-0.2, 0) is 18.4 Å². The van der Waals surface area contributed by atoms with E-state index >= 15 is 0 Å². The lowest BCUT2D eigenvalue weighted by atomic mass is 10.4. The Kier molecular flexibility index (Phi) is 3.45. The van der Waals surface area contributed by atoms with Crippen molar-refractivity contribution in [1.82, 2.24) is 14.9 Å². The van der Waals surface area contributed by atoms with Crippen molar-refractivity contribution in [1.29, 1.82) is 0 Å². The number of hydrogen-bond donors (Lipinski definition) is 2. The molecule has 5 nitrogen and oxygen atoms in total. The van der Waals surface area contributed by atoms with Crippen molar-refractivity contribution >= 4 is 5.91 Å². The van der Waals surface area contributed by atoms with E-state index in [2.05, 4.69) is 10.3 Å². The minimum Gasteiger partial charge on any atom is -0.349 e. The van der Waals surface area contributed by atoms with Gasteiger partial charge in [0.05, 0.1) is 6.54 Å². The molecule has 5 heteroatoms. The third-order valence-corrected chi connectivity index (χ3v) is 1.74. The van der Waals surface area contributed by atoms with E-state index in [9.17, 15) is 4.79 Å². The lowest BCUT2D eigenvalue weighted by Crippen LogP contribution is -2.26. The van der Waals surface area contributed by atoms with E-state index in [-0.39, 0.29) is 5.91 Å². The molecular formula is C8H14N4O. The van der Waals surface area contributed by atoms with Crippen LogP contribution in [0, 0.1) is 0 Å². The van der Waals surface area contributed by atoms with Crippen molar-refractivity contribution in [3.05, 3.63) is 18.2 Å². The van der Waals surface area contributed by atoms with E-state index in [0.29, 0.717) is 19.5 Å². The summed E-state index contributed by atoms with van der Waals surface area (Å²) in [5.41, 5.74) is 5.23. The first-order chi connectivity index (χ1) is 6.24. The first-order valence-corrected chi connectivity index (χ1v) is 4.17. The number of carbonyl (C=O) groups is 1. The molecule has 1 aromatic rings. The van der Waals surface area contributed by atoms with Crippen LogP contribution in [0.3, 0.4) is 0 Å². The highest BCUT2D eigenvalue weighted by molar-refractivity contribution is 5.75. The smallest absolute Gasteiger partial charge is 0.221 e. The molecule has 13 heavy (non-hydrogen) atoms. The Morgan fingerprint density at radius 3 is 3.08 bits per heavy atom. The van der Waals surface area contributed by atoms with Crippen molar-refractivity contribution in [3.8, 4) is 0 Å². The van der Waals surface area contributed by atoms with Gasteiger partial charge < -0.3 is 15.6 Å². The van der Waals surface area contributed by atoms with Crippen molar-refractivity contribution in [2.45, 2.75) is 13.0 Å². The Morgan fingerprint density at radius 2 is 2.54 bits per heavy atom. The number of aryl methyl sites for hydroxylation is 1. The highest BCUT2D eigenvalue weighted by atomic mass is 16.1. The fourth-order valence-electron chi connectivity index (χ4n) is 0.964. The van der Waals surface area contributed by atoms with Crippen LogP contribution in [0.25, 0.3) is 0 Å². The average molecular weight is 182 g/mol. The summed E-state index contributed by atoms with van der Waals surface area (Å²) in [6.45, 7) is 0.842. The highest BCUT2D eigenvalue weighted by Crippen LogP contribution is 1.92. The van der Waals surface area contributed by atoms with Crippen molar-refractivity contribution in [2.24, 2.45) is 12.8 Å². The van der Waals surface area contributed by atoms with Gasteiger partial charge in [-0.1, -0.05) is 0 Å². The monoisotopic (exact) mass is 182 g/mol. The Hall–Kier alpha value is -1.36. The van der Waals surface area contributed by atoms with E-state index in [1.54, 1.807) is 6.20 Å². The molecule has 1 rings (SSSR count). The maximum absolute atomic E-state index is 11.0. The molecule has 72 valence electrons. The molecule has 1 heterocycles. The number of carbonyl (C=O) groups excluding carboxylic acids is 1. The van der Waals surface area contributed by atoms with Crippen LogP contribution in [0.5, 0.6) is 0 Å². The minimum absolute atomic E-state index is 0.0366. The zero-order valence-corrected chi connectivity index (χ0v) is 7.66. The van der Waals surface area contributed by atoms with Gasteiger partial charge in [-0.15, -0.1) is 0 Å². The second-order valence-electron chi connectivity index (χ2n) is 2.77. The van der Waals surface area contributed by atoms with Gasteiger partial charge >= 0.3 is 0 Å². The van der Waals surface area contributed by atoms with Crippen LogP contribution < -0.4 is 11.1 Å². The van der Waals surface area contributed by atoms with E-state index in [4.69, 9.17) is 5.73 Å².